The Labute approximate surface area is 139 Å². The van der Waals surface area contributed by atoms with Gasteiger partial charge in [0, 0.05) is 25.9 Å². The number of nitrogens with one attached hydrogen (secondary N) is 1. The average molecular weight is 342 g/mol. The molecule has 1 aliphatic rings. The van der Waals surface area contributed by atoms with Crippen LogP contribution in [0.1, 0.15) is 31.7 Å². The number of aryl methyl sites for hydroxylation is 1. The normalized spacial score (nSPS) is 21.4. The number of carbonyl (C=O) groups is 2. The summed E-state index contributed by atoms with van der Waals surface area (Å²) >= 11 is 0. The fraction of sp³-hybridized carbons (Fsp3) is 0.529. The maximum atomic E-state index is 13.2. The van der Waals surface area contributed by atoms with Gasteiger partial charge in [-0.15, -0.1) is 0 Å². The highest BCUT2D eigenvalue weighted by Crippen LogP contribution is 2.32. The monoisotopic (exact) mass is 342 g/mol. The Kier molecular flexibility index (Phi) is 5.85. The summed E-state index contributed by atoms with van der Waals surface area (Å²) in [4.78, 5) is 24.4. The molecule has 1 aromatic rings. The van der Waals surface area contributed by atoms with Gasteiger partial charge in [0.05, 0.1) is 0 Å². The SMILES string of the molecule is CC(=O)N[C@H]1CC[C@H](C(F)(F)F)N(C(=O)CCc2ccccc2)C1. The van der Waals surface area contributed by atoms with Gasteiger partial charge in [-0.2, -0.15) is 13.2 Å². The van der Waals surface area contributed by atoms with Crippen LogP contribution in [0, 0.1) is 0 Å². The van der Waals surface area contributed by atoms with E-state index in [2.05, 4.69) is 5.32 Å². The van der Waals surface area contributed by atoms with Crippen LogP contribution in [-0.4, -0.2) is 41.5 Å². The molecule has 1 aromatic carbocycles. The van der Waals surface area contributed by atoms with Crippen LogP contribution in [-0.2, 0) is 16.0 Å². The molecule has 7 heteroatoms. The summed E-state index contributed by atoms with van der Waals surface area (Å²) in [5.74, 6) is -0.835. The maximum Gasteiger partial charge on any atom is 0.408 e. The van der Waals surface area contributed by atoms with Crippen molar-refractivity contribution in [3.63, 3.8) is 0 Å². The zero-order valence-corrected chi connectivity index (χ0v) is 13.5. The fourth-order valence-corrected chi connectivity index (χ4v) is 3.03. The molecule has 0 saturated carbocycles. The number of piperidine rings is 1. The third-order valence-corrected chi connectivity index (χ3v) is 4.16. The standard InChI is InChI=1S/C17H21F3N2O2/c1-12(23)21-14-8-9-15(17(18,19)20)22(11-14)16(24)10-7-13-5-3-2-4-6-13/h2-6,14-15H,7-11H2,1H3,(H,21,23)/t14-,15+/m0/s1. The zero-order chi connectivity index (χ0) is 17.7. The second kappa shape index (κ2) is 7.68. The molecule has 0 spiro atoms. The Morgan fingerprint density at radius 3 is 2.46 bits per heavy atom. The highest BCUT2D eigenvalue weighted by molar-refractivity contribution is 5.77. The molecular formula is C17H21F3N2O2. The third-order valence-electron chi connectivity index (χ3n) is 4.16. The number of rotatable bonds is 4. The summed E-state index contributed by atoms with van der Waals surface area (Å²) < 4.78 is 39.7. The van der Waals surface area contributed by atoms with E-state index in [-0.39, 0.29) is 31.7 Å². The first-order chi connectivity index (χ1) is 11.3. The first kappa shape index (κ1) is 18.3. The van der Waals surface area contributed by atoms with Crippen molar-refractivity contribution in [3.05, 3.63) is 35.9 Å². The summed E-state index contributed by atoms with van der Waals surface area (Å²) in [6.07, 6.45) is -4.02. The zero-order valence-electron chi connectivity index (χ0n) is 13.5. The lowest BCUT2D eigenvalue weighted by molar-refractivity contribution is -0.197. The van der Waals surface area contributed by atoms with E-state index >= 15 is 0 Å². The van der Waals surface area contributed by atoms with Crippen LogP contribution < -0.4 is 5.32 Å². The number of nitrogens with zero attached hydrogens (tertiary/aromatic N) is 1. The topological polar surface area (TPSA) is 49.4 Å². The van der Waals surface area contributed by atoms with Gasteiger partial charge in [0.2, 0.25) is 11.8 Å². The Hall–Kier alpha value is -2.05. The van der Waals surface area contributed by atoms with Crippen LogP contribution in [0.15, 0.2) is 30.3 Å². The summed E-state index contributed by atoms with van der Waals surface area (Å²) in [5.41, 5.74) is 0.907. The number of halogens is 3. The van der Waals surface area contributed by atoms with Crippen LogP contribution in [0.2, 0.25) is 0 Å². The minimum absolute atomic E-state index is 0.0172. The second-order valence-corrected chi connectivity index (χ2v) is 6.06. The molecule has 2 atom stereocenters. The van der Waals surface area contributed by atoms with Crippen LogP contribution in [0.4, 0.5) is 13.2 Å². The Morgan fingerprint density at radius 1 is 1.21 bits per heavy atom. The molecule has 0 aromatic heterocycles. The van der Waals surface area contributed by atoms with Gasteiger partial charge in [0.25, 0.3) is 0 Å². The van der Waals surface area contributed by atoms with E-state index in [1.807, 2.05) is 30.3 Å². The van der Waals surface area contributed by atoms with E-state index in [0.717, 1.165) is 10.5 Å². The molecule has 1 fully saturated rings. The molecule has 1 aliphatic heterocycles. The van der Waals surface area contributed by atoms with Gasteiger partial charge in [-0.3, -0.25) is 9.59 Å². The molecule has 0 aliphatic carbocycles. The molecule has 0 unspecified atom stereocenters. The van der Waals surface area contributed by atoms with E-state index in [0.29, 0.717) is 6.42 Å². The number of alkyl halides is 3. The summed E-state index contributed by atoms with van der Waals surface area (Å²) in [7, 11) is 0. The van der Waals surface area contributed by atoms with Crippen molar-refractivity contribution in [1.29, 1.82) is 0 Å². The molecule has 2 rings (SSSR count). The van der Waals surface area contributed by atoms with Gasteiger partial charge < -0.3 is 10.2 Å². The van der Waals surface area contributed by atoms with Crippen LogP contribution in [0.25, 0.3) is 0 Å². The molecule has 1 saturated heterocycles. The molecule has 24 heavy (non-hydrogen) atoms. The van der Waals surface area contributed by atoms with Crippen LogP contribution in [0.5, 0.6) is 0 Å². The summed E-state index contributed by atoms with van der Waals surface area (Å²) in [5, 5.41) is 2.61. The lowest BCUT2D eigenvalue weighted by Crippen LogP contribution is -2.58. The van der Waals surface area contributed by atoms with E-state index in [4.69, 9.17) is 0 Å². The highest BCUT2D eigenvalue weighted by atomic mass is 19.4. The predicted molar refractivity (Wildman–Crippen MR) is 83.2 cm³/mol. The van der Waals surface area contributed by atoms with Crippen molar-refractivity contribution in [2.45, 2.75) is 50.9 Å². The van der Waals surface area contributed by atoms with Crippen LogP contribution in [0.3, 0.4) is 0 Å². The number of hydrogen-bond donors (Lipinski definition) is 1. The minimum atomic E-state index is -4.45. The predicted octanol–water partition coefficient (Wildman–Crippen LogP) is 2.68. The molecule has 4 nitrogen and oxygen atoms in total. The molecule has 1 heterocycles. The van der Waals surface area contributed by atoms with Gasteiger partial charge in [-0.1, -0.05) is 30.3 Å². The van der Waals surface area contributed by atoms with Gasteiger partial charge in [0.15, 0.2) is 0 Å². The summed E-state index contributed by atoms with van der Waals surface area (Å²) in [6, 6.07) is 6.97. The number of benzene rings is 1. The van der Waals surface area contributed by atoms with E-state index < -0.39 is 24.2 Å². The van der Waals surface area contributed by atoms with Gasteiger partial charge in [0.1, 0.15) is 6.04 Å². The van der Waals surface area contributed by atoms with E-state index in [1.54, 1.807) is 0 Å². The Morgan fingerprint density at radius 2 is 1.88 bits per heavy atom. The fourth-order valence-electron chi connectivity index (χ4n) is 3.03. The van der Waals surface area contributed by atoms with E-state index in [1.165, 1.54) is 6.92 Å². The molecule has 0 bridgehead atoms. The largest absolute Gasteiger partial charge is 0.408 e. The smallest absolute Gasteiger partial charge is 0.352 e. The Balaban J connectivity index is 2.04. The minimum Gasteiger partial charge on any atom is -0.352 e. The van der Waals surface area contributed by atoms with Crippen molar-refractivity contribution >= 4 is 11.8 Å². The van der Waals surface area contributed by atoms with Gasteiger partial charge in [-0.05, 0) is 24.8 Å². The highest BCUT2D eigenvalue weighted by Gasteiger charge is 2.47. The lowest BCUT2D eigenvalue weighted by atomic mass is 9.96. The van der Waals surface area contributed by atoms with Crippen molar-refractivity contribution in [2.24, 2.45) is 0 Å². The first-order valence-corrected chi connectivity index (χ1v) is 7.94. The molecular weight excluding hydrogens is 321 g/mol. The second-order valence-electron chi connectivity index (χ2n) is 6.06. The average Bonchev–Trinajstić information content (AvgIpc) is 2.52. The van der Waals surface area contributed by atoms with Gasteiger partial charge >= 0.3 is 6.18 Å². The van der Waals surface area contributed by atoms with Crippen molar-refractivity contribution in [2.75, 3.05) is 6.54 Å². The number of carbonyl (C=O) groups excluding carboxylic acids is 2. The number of likely N-dealkylation sites (tertiary alicyclic amines) is 1. The van der Waals surface area contributed by atoms with Crippen molar-refractivity contribution < 1.29 is 22.8 Å². The van der Waals surface area contributed by atoms with Gasteiger partial charge in [-0.25, -0.2) is 0 Å². The van der Waals surface area contributed by atoms with E-state index in [9.17, 15) is 22.8 Å². The molecule has 1 N–H and O–H groups in total. The van der Waals surface area contributed by atoms with Crippen molar-refractivity contribution in [3.8, 4) is 0 Å². The quantitative estimate of drug-likeness (QED) is 0.915. The van der Waals surface area contributed by atoms with Crippen molar-refractivity contribution in [1.82, 2.24) is 10.2 Å². The number of hydrogen-bond acceptors (Lipinski definition) is 2. The molecule has 132 valence electrons. The first-order valence-electron chi connectivity index (χ1n) is 7.94. The molecule has 0 radical (unpaired) electrons. The lowest BCUT2D eigenvalue weighted by Gasteiger charge is -2.40. The molecule has 2 amide bonds. The van der Waals surface area contributed by atoms with Crippen LogP contribution >= 0.6 is 0 Å². The Bertz CT molecular complexity index is 575. The third kappa shape index (κ3) is 4.97. The summed E-state index contributed by atoms with van der Waals surface area (Å²) in [6.45, 7) is 1.22. The maximum absolute atomic E-state index is 13.2. The number of amides is 2.